The fraction of sp³-hybridized carbons (Fsp3) is 0.733. The van der Waals surface area contributed by atoms with Gasteiger partial charge in [0.2, 0.25) is 0 Å². The van der Waals surface area contributed by atoms with Gasteiger partial charge >= 0.3 is 0 Å². The number of piperidine rings is 1. The quantitative estimate of drug-likeness (QED) is 0.912. The summed E-state index contributed by atoms with van der Waals surface area (Å²) in [7, 11) is 0. The minimum absolute atomic E-state index is 0.0920. The Labute approximate surface area is 124 Å². The number of hydrogen-bond acceptors (Lipinski definition) is 4. The van der Waals surface area contributed by atoms with Crippen LogP contribution in [0.15, 0.2) is 5.38 Å². The van der Waals surface area contributed by atoms with Crippen LogP contribution in [0, 0.1) is 11.8 Å². The van der Waals surface area contributed by atoms with Gasteiger partial charge in [-0.15, -0.1) is 11.3 Å². The molecule has 5 heteroatoms. The predicted molar refractivity (Wildman–Crippen MR) is 80.7 cm³/mol. The number of rotatable bonds is 2. The van der Waals surface area contributed by atoms with Gasteiger partial charge in [0.15, 0.2) is 0 Å². The van der Waals surface area contributed by atoms with Gasteiger partial charge in [-0.2, -0.15) is 0 Å². The van der Waals surface area contributed by atoms with Gasteiger partial charge in [0.1, 0.15) is 10.7 Å². The van der Waals surface area contributed by atoms with Gasteiger partial charge in [-0.25, -0.2) is 4.98 Å². The lowest BCUT2D eigenvalue weighted by Crippen LogP contribution is -2.44. The highest BCUT2D eigenvalue weighted by molar-refractivity contribution is 7.09. The Hall–Kier alpha value is -0.940. The van der Waals surface area contributed by atoms with Crippen LogP contribution in [0.25, 0.3) is 0 Å². The van der Waals surface area contributed by atoms with Crippen molar-refractivity contribution in [2.45, 2.75) is 45.1 Å². The number of thiazole rings is 1. The molecule has 1 amide bonds. The third-order valence-electron chi connectivity index (χ3n) is 4.71. The Morgan fingerprint density at radius 2 is 2.15 bits per heavy atom. The molecule has 3 unspecified atom stereocenters. The number of carbonyl (C=O) groups is 1. The van der Waals surface area contributed by atoms with Crippen molar-refractivity contribution in [1.29, 1.82) is 0 Å². The van der Waals surface area contributed by atoms with Crippen molar-refractivity contribution in [1.82, 2.24) is 9.88 Å². The topological polar surface area (TPSA) is 59.2 Å². The van der Waals surface area contributed by atoms with Crippen molar-refractivity contribution in [2.75, 3.05) is 13.1 Å². The van der Waals surface area contributed by atoms with Crippen molar-refractivity contribution in [3.63, 3.8) is 0 Å². The fourth-order valence-electron chi connectivity index (χ4n) is 3.54. The first kappa shape index (κ1) is 14.0. The van der Waals surface area contributed by atoms with Gasteiger partial charge in [0.05, 0.1) is 6.04 Å². The Balaban J connectivity index is 1.67. The average molecular weight is 293 g/mol. The summed E-state index contributed by atoms with van der Waals surface area (Å²) < 4.78 is 0. The molecule has 20 heavy (non-hydrogen) atoms. The minimum atomic E-state index is -0.0920. The van der Waals surface area contributed by atoms with Crippen LogP contribution < -0.4 is 5.73 Å². The molecule has 1 aromatic rings. The highest BCUT2D eigenvalue weighted by atomic mass is 32.1. The van der Waals surface area contributed by atoms with E-state index in [1.54, 1.807) is 0 Å². The van der Waals surface area contributed by atoms with E-state index >= 15 is 0 Å². The van der Waals surface area contributed by atoms with E-state index in [0.29, 0.717) is 11.6 Å². The number of aromatic nitrogens is 1. The lowest BCUT2D eigenvalue weighted by Gasteiger charge is -2.41. The highest BCUT2D eigenvalue weighted by Crippen LogP contribution is 2.36. The van der Waals surface area contributed by atoms with Gasteiger partial charge < -0.3 is 10.6 Å². The predicted octanol–water partition coefficient (Wildman–Crippen LogP) is 2.82. The van der Waals surface area contributed by atoms with Crippen LogP contribution in [0.5, 0.6) is 0 Å². The summed E-state index contributed by atoms with van der Waals surface area (Å²) in [6.07, 6.45) is 6.52. The van der Waals surface area contributed by atoms with Gasteiger partial charge in [0, 0.05) is 18.5 Å². The van der Waals surface area contributed by atoms with Crippen LogP contribution in [0.1, 0.15) is 60.6 Å². The molecule has 2 N–H and O–H groups in total. The van der Waals surface area contributed by atoms with Crippen LogP contribution >= 0.6 is 11.3 Å². The molecular formula is C15H23N3OS. The smallest absolute Gasteiger partial charge is 0.273 e. The highest BCUT2D eigenvalue weighted by Gasteiger charge is 2.33. The zero-order chi connectivity index (χ0) is 14.1. The van der Waals surface area contributed by atoms with Gasteiger partial charge in [0.25, 0.3) is 5.91 Å². The third kappa shape index (κ3) is 2.74. The standard InChI is InChI=1S/C15H23N3OS/c1-10(16)14-17-13(9-20-14)15(19)18-7-6-11-4-2-3-5-12(11)8-18/h9-12H,2-8,16H2,1H3. The first-order valence-corrected chi connectivity index (χ1v) is 8.53. The zero-order valence-corrected chi connectivity index (χ0v) is 12.9. The molecule has 1 aliphatic carbocycles. The second-order valence-electron chi connectivity index (χ2n) is 6.20. The molecule has 0 spiro atoms. The number of nitrogens with two attached hydrogens (primary N) is 1. The molecule has 110 valence electrons. The molecule has 0 radical (unpaired) electrons. The molecule has 3 atom stereocenters. The first-order chi connectivity index (χ1) is 9.65. The number of nitrogens with zero attached hydrogens (tertiary/aromatic N) is 2. The Kier molecular flexibility index (Phi) is 4.08. The molecule has 1 saturated carbocycles. The van der Waals surface area contributed by atoms with Crippen molar-refractivity contribution in [3.05, 3.63) is 16.1 Å². The molecule has 0 bridgehead atoms. The minimum Gasteiger partial charge on any atom is -0.337 e. The molecule has 4 nitrogen and oxygen atoms in total. The lowest BCUT2D eigenvalue weighted by molar-refractivity contribution is 0.0516. The largest absolute Gasteiger partial charge is 0.337 e. The Morgan fingerprint density at radius 3 is 2.85 bits per heavy atom. The first-order valence-electron chi connectivity index (χ1n) is 7.65. The maximum atomic E-state index is 12.5. The third-order valence-corrected chi connectivity index (χ3v) is 5.75. The van der Waals surface area contributed by atoms with Crippen LogP contribution in [-0.2, 0) is 0 Å². The fourth-order valence-corrected chi connectivity index (χ4v) is 4.29. The molecule has 2 heterocycles. The van der Waals surface area contributed by atoms with Crippen LogP contribution in [0.4, 0.5) is 0 Å². The number of fused-ring (bicyclic) bond motifs is 1. The molecule has 0 aromatic carbocycles. The zero-order valence-electron chi connectivity index (χ0n) is 12.0. The number of hydrogen-bond donors (Lipinski definition) is 1. The van der Waals surface area contributed by atoms with E-state index in [1.165, 1.54) is 43.4 Å². The van der Waals surface area contributed by atoms with Crippen molar-refractivity contribution in [3.8, 4) is 0 Å². The average Bonchev–Trinajstić information content (AvgIpc) is 2.96. The van der Waals surface area contributed by atoms with E-state index in [1.807, 2.05) is 17.2 Å². The monoisotopic (exact) mass is 293 g/mol. The molecule has 2 aliphatic rings. The summed E-state index contributed by atoms with van der Waals surface area (Å²) in [4.78, 5) is 18.9. The van der Waals surface area contributed by atoms with E-state index in [-0.39, 0.29) is 11.9 Å². The van der Waals surface area contributed by atoms with Crippen LogP contribution in [0.2, 0.25) is 0 Å². The molecule has 3 rings (SSSR count). The summed E-state index contributed by atoms with van der Waals surface area (Å²) >= 11 is 1.49. The summed E-state index contributed by atoms with van der Waals surface area (Å²) in [5.74, 6) is 1.66. The van der Waals surface area contributed by atoms with Gasteiger partial charge in [-0.3, -0.25) is 4.79 Å². The normalized spacial score (nSPS) is 28.0. The van der Waals surface area contributed by atoms with E-state index < -0.39 is 0 Å². The Bertz CT molecular complexity index is 485. The molecule has 1 aliphatic heterocycles. The maximum absolute atomic E-state index is 12.5. The number of carbonyl (C=O) groups excluding carboxylic acids is 1. The summed E-state index contributed by atoms with van der Waals surface area (Å²) in [5, 5.41) is 2.70. The van der Waals surface area contributed by atoms with E-state index in [0.717, 1.165) is 24.0 Å². The van der Waals surface area contributed by atoms with Crippen molar-refractivity contribution >= 4 is 17.2 Å². The van der Waals surface area contributed by atoms with E-state index in [9.17, 15) is 4.79 Å². The maximum Gasteiger partial charge on any atom is 0.273 e. The number of likely N-dealkylation sites (tertiary alicyclic amines) is 1. The van der Waals surface area contributed by atoms with Gasteiger partial charge in [-0.1, -0.05) is 19.3 Å². The summed E-state index contributed by atoms with van der Waals surface area (Å²) in [6, 6.07) is -0.0920. The molecular weight excluding hydrogens is 270 g/mol. The molecule has 1 aromatic heterocycles. The van der Waals surface area contributed by atoms with Gasteiger partial charge in [-0.05, 0) is 31.6 Å². The Morgan fingerprint density at radius 1 is 1.40 bits per heavy atom. The van der Waals surface area contributed by atoms with Crippen molar-refractivity contribution < 1.29 is 4.79 Å². The van der Waals surface area contributed by atoms with E-state index in [2.05, 4.69) is 4.98 Å². The molecule has 2 fully saturated rings. The lowest BCUT2D eigenvalue weighted by atomic mass is 9.75. The number of amides is 1. The summed E-state index contributed by atoms with van der Waals surface area (Å²) in [5.41, 5.74) is 6.40. The van der Waals surface area contributed by atoms with E-state index in [4.69, 9.17) is 5.73 Å². The second-order valence-corrected chi connectivity index (χ2v) is 7.09. The molecule has 1 saturated heterocycles. The van der Waals surface area contributed by atoms with Crippen LogP contribution in [0.3, 0.4) is 0 Å². The van der Waals surface area contributed by atoms with Crippen molar-refractivity contribution in [2.24, 2.45) is 17.6 Å². The second kappa shape index (κ2) is 5.82. The van der Waals surface area contributed by atoms with Crippen LogP contribution in [-0.4, -0.2) is 28.9 Å². The summed E-state index contributed by atoms with van der Waals surface area (Å²) in [6.45, 7) is 3.72. The SMILES string of the molecule is CC(N)c1nc(C(=O)N2CCC3CCCCC3C2)cs1.